The number of ketones is 1. The van der Waals surface area contributed by atoms with E-state index in [1.807, 2.05) is 0 Å². The molecule has 2 aromatic rings. The number of carbonyl (C=O) groups is 1. The van der Waals surface area contributed by atoms with Gasteiger partial charge in [0.2, 0.25) is 5.82 Å². The Morgan fingerprint density at radius 3 is 2.83 bits per heavy atom. The molecular formula is C13H15N7O4. The smallest absolute Gasteiger partial charge is 0.236 e. The lowest BCUT2D eigenvalue weighted by atomic mass is 10.0. The van der Waals surface area contributed by atoms with Gasteiger partial charge in [-0.05, 0) is 6.54 Å². The van der Waals surface area contributed by atoms with Crippen LogP contribution in [0.1, 0.15) is 18.5 Å². The third kappa shape index (κ3) is 2.47. The molecule has 1 aliphatic rings. The number of hydrogen-bond donors (Lipinski definition) is 4. The first-order chi connectivity index (χ1) is 11.5. The minimum atomic E-state index is -1.42. The van der Waals surface area contributed by atoms with Crippen molar-refractivity contribution in [3.8, 4) is 6.07 Å². The fourth-order valence-electron chi connectivity index (χ4n) is 2.61. The molecule has 0 bridgehead atoms. The normalized spacial score (nSPS) is 26.6. The number of aliphatic hydroxyl groups excluding tert-OH is 2. The fraction of sp³-hybridized carbons (Fsp3) is 0.462. The highest BCUT2D eigenvalue weighted by atomic mass is 16.6. The number of nitrogens with two attached hydrogens (primary N) is 2. The summed E-state index contributed by atoms with van der Waals surface area (Å²) in [4.78, 5) is 23.7. The van der Waals surface area contributed by atoms with Crippen LogP contribution in [-0.2, 0) is 9.53 Å². The van der Waals surface area contributed by atoms with E-state index in [2.05, 4.69) is 15.0 Å². The predicted molar refractivity (Wildman–Crippen MR) is 79.1 cm³/mol. The summed E-state index contributed by atoms with van der Waals surface area (Å²) in [5.41, 5.74) is 11.4. The van der Waals surface area contributed by atoms with Gasteiger partial charge in [0.25, 0.3) is 0 Å². The largest absolute Gasteiger partial charge is 0.387 e. The van der Waals surface area contributed by atoms with Crippen molar-refractivity contribution in [2.75, 3.05) is 12.3 Å². The van der Waals surface area contributed by atoms with E-state index in [1.165, 1.54) is 10.9 Å². The number of hydrogen-bond acceptors (Lipinski definition) is 10. The average Bonchev–Trinajstić information content (AvgIpc) is 3.10. The highest BCUT2D eigenvalue weighted by molar-refractivity contribution is 5.84. The summed E-state index contributed by atoms with van der Waals surface area (Å²) >= 11 is 0. The lowest BCUT2D eigenvalue weighted by Crippen LogP contribution is -2.36. The van der Waals surface area contributed by atoms with Crippen LogP contribution in [0.25, 0.3) is 11.2 Å². The van der Waals surface area contributed by atoms with Gasteiger partial charge in [-0.3, -0.25) is 9.36 Å². The maximum absolute atomic E-state index is 11.9. The molecule has 126 valence electrons. The molecule has 0 spiro atoms. The van der Waals surface area contributed by atoms with Gasteiger partial charge in [-0.25, -0.2) is 4.98 Å². The van der Waals surface area contributed by atoms with Crippen LogP contribution in [0.2, 0.25) is 0 Å². The number of carbonyl (C=O) groups excluding carboxylic acids is 1. The first kappa shape index (κ1) is 16.2. The molecule has 4 atom stereocenters. The summed E-state index contributed by atoms with van der Waals surface area (Å²) in [6, 6.07) is 1.77. The van der Waals surface area contributed by atoms with E-state index < -0.39 is 30.3 Å². The molecule has 2 aromatic heterocycles. The third-order valence-corrected chi connectivity index (χ3v) is 3.77. The SMILES string of the molecule is N#Cc1nc(N)c2ncn([C@@H]3O[C@H](C(=O)CCN)[C@@H](O)[C@H]3O)c2n1. The van der Waals surface area contributed by atoms with E-state index in [0.29, 0.717) is 0 Å². The number of rotatable bonds is 4. The van der Waals surface area contributed by atoms with Crippen LogP contribution in [0.15, 0.2) is 6.33 Å². The summed E-state index contributed by atoms with van der Waals surface area (Å²) in [6.45, 7) is 0.107. The zero-order valence-electron chi connectivity index (χ0n) is 12.4. The lowest BCUT2D eigenvalue weighted by molar-refractivity contribution is -0.135. The van der Waals surface area contributed by atoms with E-state index in [9.17, 15) is 15.0 Å². The van der Waals surface area contributed by atoms with Crippen molar-refractivity contribution in [3.05, 3.63) is 12.2 Å². The topological polar surface area (TPSA) is 186 Å². The van der Waals surface area contributed by atoms with Gasteiger partial charge < -0.3 is 26.4 Å². The Bertz CT molecular complexity index is 830. The number of Topliss-reactive ketones (excluding diaryl/α,β-unsaturated/α-hetero) is 1. The Morgan fingerprint density at radius 1 is 1.42 bits per heavy atom. The molecule has 0 aromatic carbocycles. The first-order valence-electron chi connectivity index (χ1n) is 7.12. The average molecular weight is 333 g/mol. The number of aromatic nitrogens is 4. The van der Waals surface area contributed by atoms with Gasteiger partial charge in [0, 0.05) is 6.42 Å². The van der Waals surface area contributed by atoms with E-state index in [-0.39, 0.29) is 35.8 Å². The molecule has 1 saturated heterocycles. The highest BCUT2D eigenvalue weighted by Gasteiger charge is 2.47. The minimum absolute atomic E-state index is 0.000840. The van der Waals surface area contributed by atoms with E-state index >= 15 is 0 Å². The molecule has 3 heterocycles. The van der Waals surface area contributed by atoms with Gasteiger partial charge >= 0.3 is 0 Å². The lowest BCUT2D eigenvalue weighted by Gasteiger charge is -2.16. The van der Waals surface area contributed by atoms with E-state index in [0.717, 1.165) is 0 Å². The van der Waals surface area contributed by atoms with Gasteiger partial charge in [-0.2, -0.15) is 15.2 Å². The van der Waals surface area contributed by atoms with Crippen LogP contribution in [0.5, 0.6) is 0 Å². The van der Waals surface area contributed by atoms with Crippen LogP contribution in [0.4, 0.5) is 5.82 Å². The Balaban J connectivity index is 2.00. The summed E-state index contributed by atoms with van der Waals surface area (Å²) in [5.74, 6) is -0.590. The summed E-state index contributed by atoms with van der Waals surface area (Å²) < 4.78 is 6.80. The summed E-state index contributed by atoms with van der Waals surface area (Å²) in [5, 5.41) is 29.2. The van der Waals surface area contributed by atoms with Crippen molar-refractivity contribution in [1.29, 1.82) is 5.26 Å². The number of anilines is 1. The van der Waals surface area contributed by atoms with E-state index in [1.54, 1.807) is 6.07 Å². The number of aliphatic hydroxyl groups is 2. The maximum Gasteiger partial charge on any atom is 0.236 e. The van der Waals surface area contributed by atoms with Crippen LogP contribution >= 0.6 is 0 Å². The number of nitrogens with zero attached hydrogens (tertiary/aromatic N) is 5. The number of fused-ring (bicyclic) bond motifs is 1. The molecule has 0 radical (unpaired) electrons. The first-order valence-corrected chi connectivity index (χ1v) is 7.12. The highest BCUT2D eigenvalue weighted by Crippen LogP contribution is 2.32. The minimum Gasteiger partial charge on any atom is -0.387 e. The zero-order chi connectivity index (χ0) is 17.4. The van der Waals surface area contributed by atoms with E-state index in [4.69, 9.17) is 21.5 Å². The van der Waals surface area contributed by atoms with Crippen molar-refractivity contribution in [1.82, 2.24) is 19.5 Å². The van der Waals surface area contributed by atoms with Gasteiger partial charge in [0.15, 0.2) is 23.5 Å². The van der Waals surface area contributed by atoms with Crippen molar-refractivity contribution < 1.29 is 19.7 Å². The van der Waals surface area contributed by atoms with Crippen LogP contribution in [0, 0.1) is 11.3 Å². The number of imidazole rings is 1. The van der Waals surface area contributed by atoms with Crippen LogP contribution in [-0.4, -0.2) is 60.4 Å². The molecule has 3 rings (SSSR count). The molecule has 0 amide bonds. The summed E-state index contributed by atoms with van der Waals surface area (Å²) in [7, 11) is 0. The Morgan fingerprint density at radius 2 is 2.17 bits per heavy atom. The van der Waals surface area contributed by atoms with Crippen molar-refractivity contribution in [3.63, 3.8) is 0 Å². The van der Waals surface area contributed by atoms with Gasteiger partial charge in [0.05, 0.1) is 6.33 Å². The Labute approximate surface area is 135 Å². The van der Waals surface area contributed by atoms with Gasteiger partial charge in [0.1, 0.15) is 29.9 Å². The quantitative estimate of drug-likeness (QED) is 0.479. The standard InChI is InChI=1S/C13H15N7O4/c14-2-1-5(21)10-8(22)9(23)13(24-10)20-4-17-7-11(16)18-6(3-15)19-12(7)20/h4,8-10,13,22-23H,1-2,14H2,(H2,16,18,19)/t8-,9+,10+,13+/m0/s1. The zero-order valence-corrected chi connectivity index (χ0v) is 12.4. The van der Waals surface area contributed by atoms with Crippen molar-refractivity contribution in [2.45, 2.75) is 31.0 Å². The van der Waals surface area contributed by atoms with Crippen molar-refractivity contribution >= 4 is 22.8 Å². The number of ether oxygens (including phenoxy) is 1. The Kier molecular flexibility index (Phi) is 4.12. The number of nitrogen functional groups attached to an aromatic ring is 1. The monoisotopic (exact) mass is 333 g/mol. The van der Waals surface area contributed by atoms with Gasteiger partial charge in [-0.15, -0.1) is 0 Å². The second kappa shape index (κ2) is 6.10. The molecule has 0 unspecified atom stereocenters. The molecule has 24 heavy (non-hydrogen) atoms. The number of nitriles is 1. The second-order valence-corrected chi connectivity index (χ2v) is 5.30. The van der Waals surface area contributed by atoms with Crippen molar-refractivity contribution in [2.24, 2.45) is 5.73 Å². The summed E-state index contributed by atoms with van der Waals surface area (Å²) in [6.07, 6.45) is -3.83. The molecule has 1 aliphatic heterocycles. The molecule has 11 nitrogen and oxygen atoms in total. The maximum atomic E-state index is 11.9. The van der Waals surface area contributed by atoms with Gasteiger partial charge in [-0.1, -0.05) is 0 Å². The van der Waals surface area contributed by atoms with Crippen LogP contribution < -0.4 is 11.5 Å². The molecular weight excluding hydrogens is 318 g/mol. The molecule has 0 aliphatic carbocycles. The fourth-order valence-corrected chi connectivity index (χ4v) is 2.61. The molecule has 0 saturated carbocycles. The molecule has 11 heteroatoms. The second-order valence-electron chi connectivity index (χ2n) is 5.30. The van der Waals surface area contributed by atoms with Crippen LogP contribution in [0.3, 0.4) is 0 Å². The molecule has 1 fully saturated rings. The third-order valence-electron chi connectivity index (χ3n) is 3.77. The molecule has 6 N–H and O–H groups in total. The predicted octanol–water partition coefficient (Wildman–Crippen LogP) is -2.18. The Hall–Kier alpha value is -2.65.